The maximum atomic E-state index is 12.9. The van der Waals surface area contributed by atoms with Gasteiger partial charge in [0, 0.05) is 36.0 Å². The number of oxazole rings is 1. The quantitative estimate of drug-likeness (QED) is 0.244. The van der Waals surface area contributed by atoms with E-state index in [1.54, 1.807) is 24.3 Å². The van der Waals surface area contributed by atoms with Gasteiger partial charge in [0.15, 0.2) is 5.58 Å². The summed E-state index contributed by atoms with van der Waals surface area (Å²) in [5.41, 5.74) is 4.71. The van der Waals surface area contributed by atoms with Gasteiger partial charge in [-0.25, -0.2) is 4.98 Å². The molecule has 5 rings (SSSR count). The molecule has 9 nitrogen and oxygen atoms in total. The summed E-state index contributed by atoms with van der Waals surface area (Å²) < 4.78 is 11.3. The topological polar surface area (TPSA) is 111 Å². The average molecular weight is 501 g/mol. The van der Waals surface area contributed by atoms with Crippen LogP contribution >= 0.6 is 0 Å². The van der Waals surface area contributed by atoms with E-state index in [1.165, 1.54) is 11.6 Å². The van der Waals surface area contributed by atoms with Gasteiger partial charge < -0.3 is 19.4 Å². The largest absolute Gasteiger partial charge is 0.436 e. The number of hydrogen-bond donors (Lipinski definition) is 1. The highest BCUT2D eigenvalue weighted by atomic mass is 16.6. The third-order valence-electron chi connectivity index (χ3n) is 6.77. The van der Waals surface area contributed by atoms with E-state index in [9.17, 15) is 14.9 Å². The van der Waals surface area contributed by atoms with Crippen LogP contribution in [-0.4, -0.2) is 42.1 Å². The van der Waals surface area contributed by atoms with Crippen molar-refractivity contribution in [2.45, 2.75) is 26.2 Å². The molecule has 2 heterocycles. The fraction of sp³-hybridized carbons (Fsp3) is 0.286. The molecule has 37 heavy (non-hydrogen) atoms. The zero-order chi connectivity index (χ0) is 25.9. The van der Waals surface area contributed by atoms with Gasteiger partial charge in [0.05, 0.1) is 18.1 Å². The Morgan fingerprint density at radius 2 is 1.86 bits per heavy atom. The molecular weight excluding hydrogens is 472 g/mol. The number of carbonyl (C=O) groups is 1. The summed E-state index contributed by atoms with van der Waals surface area (Å²) in [6.45, 7) is 6.50. The highest BCUT2D eigenvalue weighted by Crippen LogP contribution is 2.31. The number of aromatic nitrogens is 1. The standard InChI is InChI=1S/C28H28N4O5/c1-3-18(2)20-7-11-26-23(16-20)30-28(37-26)19-4-8-22(9-5-19)29-27(33)21-6-10-24(25(17-21)32(34)35)31-12-14-36-15-13-31/h4-11,16-18H,3,12-15H2,1-2H3,(H,29,33)/t18-/m1/s1. The smallest absolute Gasteiger partial charge is 0.293 e. The Hall–Kier alpha value is -4.24. The Kier molecular flexibility index (Phi) is 6.87. The van der Waals surface area contributed by atoms with E-state index in [2.05, 4.69) is 36.3 Å². The van der Waals surface area contributed by atoms with Gasteiger partial charge in [-0.15, -0.1) is 0 Å². The van der Waals surface area contributed by atoms with E-state index < -0.39 is 10.8 Å². The lowest BCUT2D eigenvalue weighted by Crippen LogP contribution is -2.36. The number of fused-ring (bicyclic) bond motifs is 1. The van der Waals surface area contributed by atoms with Crippen LogP contribution in [0.3, 0.4) is 0 Å². The fourth-order valence-electron chi connectivity index (χ4n) is 4.39. The molecule has 1 aromatic heterocycles. The number of nitrogens with one attached hydrogen (secondary N) is 1. The number of amides is 1. The van der Waals surface area contributed by atoms with Crippen LogP contribution in [0.2, 0.25) is 0 Å². The van der Waals surface area contributed by atoms with Crippen LogP contribution in [-0.2, 0) is 4.74 Å². The summed E-state index contributed by atoms with van der Waals surface area (Å²) in [5.74, 6) is 0.525. The predicted octanol–water partition coefficient (Wildman–Crippen LogP) is 6.01. The molecule has 190 valence electrons. The van der Waals surface area contributed by atoms with Crippen LogP contribution < -0.4 is 10.2 Å². The Balaban J connectivity index is 1.32. The Morgan fingerprint density at radius 1 is 1.11 bits per heavy atom. The molecule has 1 atom stereocenters. The second-order valence-electron chi connectivity index (χ2n) is 9.15. The van der Waals surface area contributed by atoms with Gasteiger partial charge >= 0.3 is 0 Å². The molecular formula is C28H28N4O5. The molecule has 1 aliphatic rings. The summed E-state index contributed by atoms with van der Waals surface area (Å²) in [6.07, 6.45) is 1.05. The van der Waals surface area contributed by atoms with Crippen molar-refractivity contribution < 1.29 is 18.9 Å². The van der Waals surface area contributed by atoms with Crippen LogP contribution in [0.15, 0.2) is 65.1 Å². The Bertz CT molecular complexity index is 1440. The number of benzene rings is 3. The molecule has 4 aromatic rings. The third-order valence-corrected chi connectivity index (χ3v) is 6.77. The molecule has 9 heteroatoms. The lowest BCUT2D eigenvalue weighted by atomic mass is 9.98. The number of nitrogens with zero attached hydrogens (tertiary/aromatic N) is 3. The van der Waals surface area contributed by atoms with E-state index in [0.29, 0.717) is 49.5 Å². The third kappa shape index (κ3) is 5.17. The van der Waals surface area contributed by atoms with E-state index >= 15 is 0 Å². The summed E-state index contributed by atoms with van der Waals surface area (Å²) in [7, 11) is 0. The van der Waals surface area contributed by atoms with Crippen molar-refractivity contribution in [1.29, 1.82) is 0 Å². The molecule has 0 radical (unpaired) electrons. The summed E-state index contributed by atoms with van der Waals surface area (Å²) in [5, 5.41) is 14.5. The monoisotopic (exact) mass is 500 g/mol. The zero-order valence-electron chi connectivity index (χ0n) is 20.8. The van der Waals surface area contributed by atoms with Crippen LogP contribution in [0.1, 0.15) is 42.1 Å². The highest BCUT2D eigenvalue weighted by molar-refractivity contribution is 6.05. The van der Waals surface area contributed by atoms with E-state index in [4.69, 9.17) is 9.15 Å². The first-order chi connectivity index (χ1) is 17.9. The van der Waals surface area contributed by atoms with Crippen LogP contribution in [0.5, 0.6) is 0 Å². The SMILES string of the molecule is CC[C@@H](C)c1ccc2oc(-c3ccc(NC(=O)c4ccc(N5CCOCC5)c([N+](=O)[O-])c4)cc3)nc2c1. The minimum Gasteiger partial charge on any atom is -0.436 e. The number of ether oxygens (including phenoxy) is 1. The van der Waals surface area contributed by atoms with Gasteiger partial charge in [0.2, 0.25) is 5.89 Å². The molecule has 0 unspecified atom stereocenters. The van der Waals surface area contributed by atoms with E-state index in [1.807, 2.05) is 23.1 Å². The molecule has 0 aliphatic carbocycles. The fourth-order valence-corrected chi connectivity index (χ4v) is 4.39. The van der Waals surface area contributed by atoms with Crippen molar-refractivity contribution >= 4 is 34.1 Å². The number of anilines is 2. The number of nitro benzene ring substituents is 1. The molecule has 1 amide bonds. The molecule has 0 saturated carbocycles. The Morgan fingerprint density at radius 3 is 2.57 bits per heavy atom. The first-order valence-electron chi connectivity index (χ1n) is 12.4. The Labute approximate surface area is 214 Å². The molecule has 3 aromatic carbocycles. The van der Waals surface area contributed by atoms with Gasteiger partial charge in [-0.2, -0.15) is 0 Å². The van der Waals surface area contributed by atoms with Crippen molar-refractivity contribution in [2.75, 3.05) is 36.5 Å². The van der Waals surface area contributed by atoms with Crippen molar-refractivity contribution in [2.24, 2.45) is 0 Å². The molecule has 1 saturated heterocycles. The number of carbonyl (C=O) groups excluding carboxylic acids is 1. The van der Waals surface area contributed by atoms with E-state index in [-0.39, 0.29) is 11.3 Å². The van der Waals surface area contributed by atoms with Crippen molar-refractivity contribution in [1.82, 2.24) is 4.98 Å². The van der Waals surface area contributed by atoms with Crippen LogP contribution in [0, 0.1) is 10.1 Å². The maximum absolute atomic E-state index is 12.9. The predicted molar refractivity (Wildman–Crippen MR) is 142 cm³/mol. The minimum atomic E-state index is -0.456. The van der Waals surface area contributed by atoms with Crippen molar-refractivity contribution in [3.8, 4) is 11.5 Å². The van der Waals surface area contributed by atoms with Gasteiger partial charge in [-0.1, -0.05) is 19.9 Å². The van der Waals surface area contributed by atoms with Crippen molar-refractivity contribution in [3.05, 3.63) is 81.9 Å². The lowest BCUT2D eigenvalue weighted by molar-refractivity contribution is -0.384. The van der Waals surface area contributed by atoms with Crippen LogP contribution in [0.25, 0.3) is 22.6 Å². The summed E-state index contributed by atoms with van der Waals surface area (Å²) in [6, 6.07) is 17.8. The maximum Gasteiger partial charge on any atom is 0.293 e. The number of morpholine rings is 1. The van der Waals surface area contributed by atoms with Crippen LogP contribution in [0.4, 0.5) is 17.1 Å². The van der Waals surface area contributed by atoms with Gasteiger partial charge in [0.1, 0.15) is 11.2 Å². The molecule has 1 fully saturated rings. The normalized spacial score (nSPS) is 14.5. The van der Waals surface area contributed by atoms with Gasteiger partial charge in [-0.05, 0) is 66.4 Å². The molecule has 1 N–H and O–H groups in total. The number of nitro groups is 1. The number of rotatable bonds is 7. The lowest BCUT2D eigenvalue weighted by Gasteiger charge is -2.28. The second kappa shape index (κ2) is 10.4. The molecule has 1 aliphatic heterocycles. The molecule has 0 bridgehead atoms. The average Bonchev–Trinajstić information content (AvgIpc) is 3.36. The first kappa shape index (κ1) is 24.5. The first-order valence-corrected chi connectivity index (χ1v) is 12.4. The van der Waals surface area contributed by atoms with Gasteiger partial charge in [0.25, 0.3) is 11.6 Å². The summed E-state index contributed by atoms with van der Waals surface area (Å²) >= 11 is 0. The summed E-state index contributed by atoms with van der Waals surface area (Å²) in [4.78, 5) is 30.7. The van der Waals surface area contributed by atoms with Gasteiger partial charge in [-0.3, -0.25) is 14.9 Å². The van der Waals surface area contributed by atoms with Crippen molar-refractivity contribution in [3.63, 3.8) is 0 Å². The number of hydrogen-bond acceptors (Lipinski definition) is 7. The molecule has 0 spiro atoms. The second-order valence-corrected chi connectivity index (χ2v) is 9.15. The minimum absolute atomic E-state index is 0.0997. The zero-order valence-corrected chi connectivity index (χ0v) is 20.8. The van der Waals surface area contributed by atoms with E-state index in [0.717, 1.165) is 23.1 Å². The highest BCUT2D eigenvalue weighted by Gasteiger charge is 2.23.